The molecule has 6 nitrogen and oxygen atoms in total. The Kier molecular flexibility index (Phi) is 6.80. The van der Waals surface area contributed by atoms with Crippen LogP contribution in [-0.2, 0) is 4.79 Å². The van der Waals surface area contributed by atoms with Crippen LogP contribution in [-0.4, -0.2) is 40.1 Å². The minimum Gasteiger partial charge on any atom is -0.481 e. The number of hydrogen-bond donors (Lipinski definition) is 0. The summed E-state index contributed by atoms with van der Waals surface area (Å²) >= 11 is 1.37. The summed E-state index contributed by atoms with van der Waals surface area (Å²) in [5, 5.41) is 9.19. The van der Waals surface area contributed by atoms with Crippen LogP contribution in [0.15, 0.2) is 47.6 Å². The van der Waals surface area contributed by atoms with Crippen molar-refractivity contribution in [2.75, 3.05) is 24.3 Å². The van der Waals surface area contributed by atoms with Crippen LogP contribution in [0.2, 0.25) is 0 Å². The molecule has 1 aromatic heterocycles. The van der Waals surface area contributed by atoms with Crippen molar-refractivity contribution < 1.29 is 9.53 Å². The zero-order valence-corrected chi connectivity index (χ0v) is 18.4. The van der Waals surface area contributed by atoms with Crippen molar-refractivity contribution in [3.8, 4) is 23.8 Å². The summed E-state index contributed by atoms with van der Waals surface area (Å²) in [4.78, 5) is 14.4. The number of benzene rings is 2. The minimum absolute atomic E-state index is 0.0366. The lowest BCUT2D eigenvalue weighted by atomic mass is 10.1. The Hall–Kier alpha value is -3.24. The van der Waals surface area contributed by atoms with Gasteiger partial charge in [-0.15, -0.1) is 16.6 Å². The van der Waals surface area contributed by atoms with Crippen LogP contribution >= 0.6 is 11.8 Å². The molecule has 3 aromatic rings. The van der Waals surface area contributed by atoms with Crippen LogP contribution in [0, 0.1) is 33.1 Å². The van der Waals surface area contributed by atoms with Crippen molar-refractivity contribution in [1.29, 1.82) is 0 Å². The Morgan fingerprint density at radius 2 is 1.90 bits per heavy atom. The van der Waals surface area contributed by atoms with E-state index in [1.54, 1.807) is 24.1 Å². The number of carbonyl (C=O) groups excluding carboxylic acids is 1. The summed E-state index contributed by atoms with van der Waals surface area (Å²) in [6.45, 7) is 6.23. The molecule has 3 rings (SSSR count). The van der Waals surface area contributed by atoms with E-state index in [9.17, 15) is 4.79 Å². The maximum absolute atomic E-state index is 12.7. The third-order valence-corrected chi connectivity index (χ3v) is 5.56. The first-order valence-corrected chi connectivity index (χ1v) is 10.4. The van der Waals surface area contributed by atoms with E-state index in [0.717, 1.165) is 28.3 Å². The number of carbonyl (C=O) groups is 1. The zero-order valence-electron chi connectivity index (χ0n) is 17.5. The molecule has 1 amide bonds. The average molecular weight is 421 g/mol. The van der Waals surface area contributed by atoms with E-state index in [4.69, 9.17) is 11.2 Å². The second-order valence-corrected chi connectivity index (χ2v) is 7.83. The maximum Gasteiger partial charge on any atom is 0.237 e. The molecule has 154 valence electrons. The monoisotopic (exact) mass is 420 g/mol. The number of terminal acetylenes is 1. The Balaban J connectivity index is 1.71. The molecule has 0 saturated heterocycles. The lowest BCUT2D eigenvalue weighted by Crippen LogP contribution is -2.28. The predicted molar refractivity (Wildman–Crippen MR) is 120 cm³/mol. The van der Waals surface area contributed by atoms with E-state index in [1.807, 2.05) is 23.6 Å². The first kappa shape index (κ1) is 21.5. The molecule has 0 N–H and O–H groups in total. The van der Waals surface area contributed by atoms with Gasteiger partial charge in [-0.3, -0.25) is 9.36 Å². The number of amides is 1. The highest BCUT2D eigenvalue weighted by molar-refractivity contribution is 7.99. The summed E-state index contributed by atoms with van der Waals surface area (Å²) < 4.78 is 7.37. The molecule has 30 heavy (non-hydrogen) atoms. The largest absolute Gasteiger partial charge is 0.481 e. The second-order valence-electron chi connectivity index (χ2n) is 6.88. The predicted octanol–water partition coefficient (Wildman–Crippen LogP) is 3.96. The van der Waals surface area contributed by atoms with Crippen LogP contribution in [0.3, 0.4) is 0 Å². The summed E-state index contributed by atoms with van der Waals surface area (Å²) in [5.41, 5.74) is 4.09. The Morgan fingerprint density at radius 3 is 2.60 bits per heavy atom. The van der Waals surface area contributed by atoms with Gasteiger partial charge in [0, 0.05) is 12.7 Å². The quantitative estimate of drug-likeness (QED) is 0.428. The van der Waals surface area contributed by atoms with E-state index >= 15 is 0 Å². The van der Waals surface area contributed by atoms with Gasteiger partial charge in [0.15, 0.2) is 5.16 Å². The fourth-order valence-electron chi connectivity index (χ4n) is 2.93. The molecule has 0 atom stereocenters. The molecule has 7 heteroatoms. The van der Waals surface area contributed by atoms with Gasteiger partial charge >= 0.3 is 0 Å². The molecule has 0 aliphatic heterocycles. The van der Waals surface area contributed by atoms with Crippen molar-refractivity contribution in [3.05, 3.63) is 59.4 Å². The van der Waals surface area contributed by atoms with Gasteiger partial charge in [0.25, 0.3) is 0 Å². The standard InChI is InChI=1S/C23H24N4O2S/c1-6-13-29-20-11-9-19(10-12-20)26(5)22(28)15-30-23-25-24-18(4)27(23)21-14-16(2)7-8-17(21)3/h1,7-12,14H,13,15H2,2-5H3. The van der Waals surface area contributed by atoms with Crippen LogP contribution in [0.25, 0.3) is 5.69 Å². The molecule has 0 unspecified atom stereocenters. The van der Waals surface area contributed by atoms with Crippen molar-refractivity contribution in [2.24, 2.45) is 0 Å². The van der Waals surface area contributed by atoms with Crippen molar-refractivity contribution in [2.45, 2.75) is 25.9 Å². The highest BCUT2D eigenvalue weighted by atomic mass is 32.2. The van der Waals surface area contributed by atoms with E-state index < -0.39 is 0 Å². The highest BCUT2D eigenvalue weighted by Gasteiger charge is 2.17. The van der Waals surface area contributed by atoms with Crippen LogP contribution in [0.5, 0.6) is 5.75 Å². The number of anilines is 1. The molecular weight excluding hydrogens is 396 g/mol. The van der Waals surface area contributed by atoms with Crippen molar-refractivity contribution in [1.82, 2.24) is 14.8 Å². The number of aromatic nitrogens is 3. The van der Waals surface area contributed by atoms with Crippen molar-refractivity contribution in [3.63, 3.8) is 0 Å². The molecule has 0 spiro atoms. The molecule has 1 heterocycles. The third-order valence-electron chi connectivity index (χ3n) is 4.65. The van der Waals surface area contributed by atoms with Gasteiger partial charge in [-0.1, -0.05) is 29.8 Å². The smallest absolute Gasteiger partial charge is 0.237 e. The Labute approximate surface area is 181 Å². The maximum atomic E-state index is 12.7. The van der Waals surface area contributed by atoms with Gasteiger partial charge in [0.1, 0.15) is 18.2 Å². The van der Waals surface area contributed by atoms with Gasteiger partial charge in [-0.25, -0.2) is 0 Å². The van der Waals surface area contributed by atoms with Crippen LogP contribution in [0.1, 0.15) is 17.0 Å². The third kappa shape index (κ3) is 4.84. The molecule has 0 aliphatic rings. The van der Waals surface area contributed by atoms with Gasteiger partial charge in [0.2, 0.25) is 5.91 Å². The number of ether oxygens (including phenoxy) is 1. The molecule has 0 fully saturated rings. The number of thioether (sulfide) groups is 1. The van der Waals surface area contributed by atoms with Gasteiger partial charge in [-0.05, 0) is 62.2 Å². The first-order valence-electron chi connectivity index (χ1n) is 9.46. The fourth-order valence-corrected chi connectivity index (χ4v) is 3.84. The number of hydrogen-bond acceptors (Lipinski definition) is 5. The van der Waals surface area contributed by atoms with Crippen LogP contribution in [0.4, 0.5) is 5.69 Å². The zero-order chi connectivity index (χ0) is 21.7. The normalized spacial score (nSPS) is 10.5. The number of aryl methyl sites for hydroxylation is 3. The second kappa shape index (κ2) is 9.51. The van der Waals surface area contributed by atoms with Gasteiger partial charge in [0.05, 0.1) is 11.4 Å². The Bertz CT molecular complexity index is 1080. The minimum atomic E-state index is -0.0366. The average Bonchev–Trinajstić information content (AvgIpc) is 3.12. The SMILES string of the molecule is C#CCOc1ccc(N(C)C(=O)CSc2nnc(C)n2-c2cc(C)ccc2C)cc1. The summed E-state index contributed by atoms with van der Waals surface area (Å²) in [6.07, 6.45) is 5.20. The lowest BCUT2D eigenvalue weighted by molar-refractivity contribution is -0.115. The molecule has 0 saturated carbocycles. The summed E-state index contributed by atoms with van der Waals surface area (Å²) in [7, 11) is 1.75. The van der Waals surface area contributed by atoms with Crippen LogP contribution < -0.4 is 9.64 Å². The van der Waals surface area contributed by atoms with E-state index in [-0.39, 0.29) is 18.3 Å². The first-order chi connectivity index (χ1) is 14.4. The summed E-state index contributed by atoms with van der Waals surface area (Å²) in [6, 6.07) is 13.5. The van der Waals surface area contributed by atoms with Gasteiger partial charge in [-0.2, -0.15) is 0 Å². The van der Waals surface area contributed by atoms with E-state index in [0.29, 0.717) is 10.9 Å². The Morgan fingerprint density at radius 1 is 1.17 bits per heavy atom. The molecule has 0 bridgehead atoms. The molecule has 0 radical (unpaired) electrons. The summed E-state index contributed by atoms with van der Waals surface area (Å²) in [5.74, 6) is 4.09. The van der Waals surface area contributed by atoms with E-state index in [1.165, 1.54) is 11.8 Å². The van der Waals surface area contributed by atoms with Gasteiger partial charge < -0.3 is 9.64 Å². The highest BCUT2D eigenvalue weighted by Crippen LogP contribution is 2.26. The topological polar surface area (TPSA) is 60.2 Å². The van der Waals surface area contributed by atoms with Crippen molar-refractivity contribution >= 4 is 23.4 Å². The lowest BCUT2D eigenvalue weighted by Gasteiger charge is -2.18. The molecule has 0 aliphatic carbocycles. The van der Waals surface area contributed by atoms with E-state index in [2.05, 4.69) is 48.2 Å². The number of rotatable bonds is 7. The molecular formula is C23H24N4O2S. The molecule has 2 aromatic carbocycles. The number of nitrogens with zero attached hydrogens (tertiary/aromatic N) is 4. The fraction of sp³-hybridized carbons (Fsp3) is 0.261.